The van der Waals surface area contributed by atoms with E-state index >= 15 is 0 Å². The van der Waals surface area contributed by atoms with Gasteiger partial charge in [-0.25, -0.2) is 9.59 Å². The van der Waals surface area contributed by atoms with Gasteiger partial charge in [-0.05, 0) is 20.8 Å². The van der Waals surface area contributed by atoms with Gasteiger partial charge in [-0.2, -0.15) is 0 Å². The Morgan fingerprint density at radius 2 is 2.25 bits per heavy atom. The molecular weight excluding hydrogens is 210 g/mol. The van der Waals surface area contributed by atoms with Gasteiger partial charge in [0.1, 0.15) is 18.2 Å². The third-order valence-corrected chi connectivity index (χ3v) is 2.08. The molecule has 1 rings (SSSR count). The minimum atomic E-state index is -0.688. The molecule has 0 radical (unpaired) electrons. The average molecular weight is 227 g/mol. The van der Waals surface area contributed by atoms with Gasteiger partial charge in [-0.15, -0.1) is 6.58 Å². The Kier molecular flexibility index (Phi) is 3.57. The molecule has 0 bridgehead atoms. The first-order valence-electron chi connectivity index (χ1n) is 5.12. The quantitative estimate of drug-likeness (QED) is 0.569. The Bertz CT molecular complexity index is 306. The molecule has 0 aromatic rings. The van der Waals surface area contributed by atoms with Crippen LogP contribution in [0.2, 0.25) is 0 Å². The van der Waals surface area contributed by atoms with E-state index in [-0.39, 0.29) is 12.5 Å². The molecule has 16 heavy (non-hydrogen) atoms. The number of hydrogen-bond donors (Lipinski definition) is 1. The van der Waals surface area contributed by atoms with Gasteiger partial charge in [0.25, 0.3) is 0 Å². The lowest BCUT2D eigenvalue weighted by Gasteiger charge is -2.21. The summed E-state index contributed by atoms with van der Waals surface area (Å²) >= 11 is 0. The SMILES string of the molecule is C=C[C@@H]1COC(=O)[C@H]1NC(=O)OC(C)(C)C. The second-order valence-corrected chi connectivity index (χ2v) is 4.65. The monoisotopic (exact) mass is 227 g/mol. The third kappa shape index (κ3) is 3.25. The van der Waals surface area contributed by atoms with Crippen LogP contribution in [0, 0.1) is 5.92 Å². The lowest BCUT2D eigenvalue weighted by atomic mass is 10.0. The van der Waals surface area contributed by atoms with E-state index in [0.717, 1.165) is 0 Å². The molecule has 0 saturated carbocycles. The van der Waals surface area contributed by atoms with E-state index in [1.165, 1.54) is 0 Å². The number of carbonyl (C=O) groups excluding carboxylic acids is 2. The van der Waals surface area contributed by atoms with Gasteiger partial charge in [0.05, 0.1) is 0 Å². The molecule has 2 atom stereocenters. The van der Waals surface area contributed by atoms with Gasteiger partial charge in [-0.1, -0.05) is 6.08 Å². The lowest BCUT2D eigenvalue weighted by Crippen LogP contribution is -2.44. The zero-order valence-corrected chi connectivity index (χ0v) is 9.78. The standard InChI is InChI=1S/C11H17NO4/c1-5-7-6-15-9(13)8(7)12-10(14)16-11(2,3)4/h5,7-8H,1,6H2,2-4H3,(H,12,14)/t7-,8+/m1/s1. The molecular formula is C11H17NO4. The van der Waals surface area contributed by atoms with Crippen LogP contribution in [0.25, 0.3) is 0 Å². The van der Waals surface area contributed by atoms with Crippen molar-refractivity contribution in [1.29, 1.82) is 0 Å². The van der Waals surface area contributed by atoms with Crippen molar-refractivity contribution in [3.8, 4) is 0 Å². The van der Waals surface area contributed by atoms with E-state index < -0.39 is 23.7 Å². The van der Waals surface area contributed by atoms with Crippen molar-refractivity contribution >= 4 is 12.1 Å². The number of nitrogens with one attached hydrogen (secondary N) is 1. The van der Waals surface area contributed by atoms with Crippen molar-refractivity contribution in [2.24, 2.45) is 5.92 Å². The van der Waals surface area contributed by atoms with Crippen molar-refractivity contribution in [2.75, 3.05) is 6.61 Å². The van der Waals surface area contributed by atoms with Gasteiger partial charge >= 0.3 is 12.1 Å². The number of hydrogen-bond acceptors (Lipinski definition) is 4. The highest BCUT2D eigenvalue weighted by molar-refractivity contribution is 5.83. The summed E-state index contributed by atoms with van der Waals surface area (Å²) < 4.78 is 9.87. The zero-order chi connectivity index (χ0) is 12.3. The van der Waals surface area contributed by atoms with Gasteiger partial charge in [0, 0.05) is 5.92 Å². The third-order valence-electron chi connectivity index (χ3n) is 2.08. The Balaban J connectivity index is 2.56. The van der Waals surface area contributed by atoms with Crippen LogP contribution >= 0.6 is 0 Å². The molecule has 1 aliphatic rings. The maximum absolute atomic E-state index is 11.4. The second-order valence-electron chi connectivity index (χ2n) is 4.65. The predicted molar refractivity (Wildman–Crippen MR) is 57.8 cm³/mol. The molecule has 1 heterocycles. The summed E-state index contributed by atoms with van der Waals surface area (Å²) in [4.78, 5) is 22.8. The molecule has 0 spiro atoms. The summed E-state index contributed by atoms with van der Waals surface area (Å²) in [5.41, 5.74) is -0.587. The van der Waals surface area contributed by atoms with E-state index in [1.54, 1.807) is 26.8 Å². The molecule has 0 unspecified atom stereocenters. The first kappa shape index (κ1) is 12.5. The van der Waals surface area contributed by atoms with Crippen molar-refractivity contribution in [1.82, 2.24) is 5.32 Å². The number of ether oxygens (including phenoxy) is 2. The number of alkyl carbamates (subject to hydrolysis) is 1. The summed E-state index contributed by atoms with van der Waals surface area (Å²) in [6.07, 6.45) is 0.968. The summed E-state index contributed by atoms with van der Waals surface area (Å²) in [6, 6.07) is -0.688. The van der Waals surface area contributed by atoms with E-state index in [4.69, 9.17) is 9.47 Å². The van der Waals surface area contributed by atoms with Gasteiger partial charge in [-0.3, -0.25) is 0 Å². The van der Waals surface area contributed by atoms with E-state index in [2.05, 4.69) is 11.9 Å². The van der Waals surface area contributed by atoms with Crippen LogP contribution in [0.1, 0.15) is 20.8 Å². The molecule has 5 nitrogen and oxygen atoms in total. The van der Waals surface area contributed by atoms with Crippen molar-refractivity contribution in [3.63, 3.8) is 0 Å². The van der Waals surface area contributed by atoms with Crippen molar-refractivity contribution in [2.45, 2.75) is 32.4 Å². The van der Waals surface area contributed by atoms with Gasteiger partial charge in [0.15, 0.2) is 0 Å². The summed E-state index contributed by atoms with van der Waals surface area (Å²) in [5, 5.41) is 2.48. The largest absolute Gasteiger partial charge is 0.463 e. The van der Waals surface area contributed by atoms with Gasteiger partial charge in [0.2, 0.25) is 0 Å². The molecule has 1 aliphatic heterocycles. The topological polar surface area (TPSA) is 64.6 Å². The molecule has 1 fully saturated rings. The van der Waals surface area contributed by atoms with E-state index in [1.807, 2.05) is 0 Å². The van der Waals surface area contributed by atoms with Crippen LogP contribution in [-0.4, -0.2) is 30.3 Å². The first-order valence-corrected chi connectivity index (χ1v) is 5.12. The molecule has 1 N–H and O–H groups in total. The van der Waals surface area contributed by atoms with Crippen LogP contribution in [0.5, 0.6) is 0 Å². The van der Waals surface area contributed by atoms with Crippen LogP contribution in [0.3, 0.4) is 0 Å². The number of esters is 1. The van der Waals surface area contributed by atoms with E-state index in [0.29, 0.717) is 0 Å². The summed E-state index contributed by atoms with van der Waals surface area (Å²) in [5.74, 6) is -0.643. The number of carbonyl (C=O) groups is 2. The average Bonchev–Trinajstić information content (AvgIpc) is 2.44. The number of amides is 1. The fourth-order valence-corrected chi connectivity index (χ4v) is 1.34. The van der Waals surface area contributed by atoms with Crippen LogP contribution in [0.15, 0.2) is 12.7 Å². The Hall–Kier alpha value is -1.52. The fraction of sp³-hybridized carbons (Fsp3) is 0.636. The maximum atomic E-state index is 11.4. The number of rotatable bonds is 2. The Morgan fingerprint density at radius 1 is 1.62 bits per heavy atom. The minimum Gasteiger partial charge on any atom is -0.463 e. The highest BCUT2D eigenvalue weighted by Gasteiger charge is 2.37. The predicted octanol–water partition coefficient (Wildman–Crippen LogP) is 1.24. The van der Waals surface area contributed by atoms with E-state index in [9.17, 15) is 9.59 Å². The molecule has 1 saturated heterocycles. The minimum absolute atomic E-state index is 0.194. The second kappa shape index (κ2) is 4.55. The normalized spacial score (nSPS) is 24.8. The lowest BCUT2D eigenvalue weighted by molar-refractivity contribution is -0.139. The fourth-order valence-electron chi connectivity index (χ4n) is 1.34. The summed E-state index contributed by atoms with van der Waals surface area (Å²) in [7, 11) is 0. The van der Waals surface area contributed by atoms with Crippen molar-refractivity contribution in [3.05, 3.63) is 12.7 Å². The Labute approximate surface area is 94.8 Å². The summed E-state index contributed by atoms with van der Waals surface area (Å²) in [6.45, 7) is 9.10. The zero-order valence-electron chi connectivity index (χ0n) is 9.78. The van der Waals surface area contributed by atoms with Crippen LogP contribution in [0.4, 0.5) is 4.79 Å². The highest BCUT2D eigenvalue weighted by atomic mass is 16.6. The highest BCUT2D eigenvalue weighted by Crippen LogP contribution is 2.16. The van der Waals surface area contributed by atoms with Crippen LogP contribution in [-0.2, 0) is 14.3 Å². The van der Waals surface area contributed by atoms with Crippen molar-refractivity contribution < 1.29 is 19.1 Å². The smallest absolute Gasteiger partial charge is 0.408 e. The molecule has 1 amide bonds. The maximum Gasteiger partial charge on any atom is 0.408 e. The molecule has 0 aromatic carbocycles. The molecule has 90 valence electrons. The molecule has 0 aliphatic carbocycles. The molecule has 0 aromatic heterocycles. The van der Waals surface area contributed by atoms with Gasteiger partial charge < -0.3 is 14.8 Å². The van der Waals surface area contributed by atoms with Crippen LogP contribution < -0.4 is 5.32 Å². The number of cyclic esters (lactones) is 1. The Morgan fingerprint density at radius 3 is 2.75 bits per heavy atom. The molecule has 5 heteroatoms. The first-order chi connectivity index (χ1) is 7.33.